The molecule has 3 aromatic rings. The van der Waals surface area contributed by atoms with E-state index >= 15 is 0 Å². The first-order chi connectivity index (χ1) is 15.3. The normalized spacial score (nSPS) is 11.2. The van der Waals surface area contributed by atoms with E-state index in [-0.39, 0.29) is 21.4 Å². The predicted molar refractivity (Wildman–Crippen MR) is 133 cm³/mol. The smallest absolute Gasteiger partial charge is 0.263 e. The van der Waals surface area contributed by atoms with Crippen LogP contribution in [-0.2, 0) is 15.8 Å². The van der Waals surface area contributed by atoms with Crippen LogP contribution in [0.2, 0.25) is 5.02 Å². The molecule has 0 atom stereocenters. The highest BCUT2D eigenvalue weighted by molar-refractivity contribution is 7.98. The van der Waals surface area contributed by atoms with Crippen molar-refractivity contribution < 1.29 is 13.2 Å². The van der Waals surface area contributed by atoms with Gasteiger partial charge in [0.2, 0.25) is 0 Å². The number of anilines is 1. The molecule has 1 amide bonds. The van der Waals surface area contributed by atoms with Gasteiger partial charge >= 0.3 is 0 Å². The van der Waals surface area contributed by atoms with Crippen LogP contribution in [0, 0.1) is 13.8 Å². The first kappa shape index (κ1) is 24.2. The van der Waals surface area contributed by atoms with E-state index < -0.39 is 10.0 Å². The van der Waals surface area contributed by atoms with Crippen molar-refractivity contribution in [2.75, 3.05) is 17.0 Å². The molecule has 0 aliphatic carbocycles. The van der Waals surface area contributed by atoms with E-state index in [4.69, 9.17) is 11.6 Å². The molecule has 168 valence electrons. The summed E-state index contributed by atoms with van der Waals surface area (Å²) in [5.74, 6) is 1.27. The van der Waals surface area contributed by atoms with Gasteiger partial charge in [-0.15, -0.1) is 0 Å². The number of carbonyl (C=O) groups is 1. The van der Waals surface area contributed by atoms with Crippen molar-refractivity contribution in [1.29, 1.82) is 0 Å². The van der Waals surface area contributed by atoms with Crippen LogP contribution in [0.5, 0.6) is 0 Å². The summed E-state index contributed by atoms with van der Waals surface area (Å²) >= 11 is 7.88. The molecule has 0 heterocycles. The van der Waals surface area contributed by atoms with Crippen LogP contribution in [0.15, 0.2) is 71.6 Å². The third kappa shape index (κ3) is 6.51. The summed E-state index contributed by atoms with van der Waals surface area (Å²) in [7, 11) is -3.96. The fraction of sp³-hybridized carbons (Fsp3) is 0.208. The molecular weight excluding hydrogens is 464 g/mol. The van der Waals surface area contributed by atoms with Crippen molar-refractivity contribution in [1.82, 2.24) is 5.32 Å². The van der Waals surface area contributed by atoms with Gasteiger partial charge in [0.1, 0.15) is 4.90 Å². The number of nitrogens with one attached hydrogen (secondary N) is 2. The number of halogens is 1. The van der Waals surface area contributed by atoms with E-state index in [9.17, 15) is 13.2 Å². The molecular formula is C24H25ClN2O3S2. The standard InChI is InChI=1S/C24H25ClN2O3S2/c1-17-8-11-22(18(2)14-17)27-32(29,30)23-15-20(9-10-21(23)25)24(28)26-12-13-31-16-19-6-4-3-5-7-19/h3-11,14-15,27H,12-13,16H2,1-2H3,(H,26,28). The molecule has 0 saturated carbocycles. The minimum atomic E-state index is -3.96. The molecule has 3 aromatic carbocycles. The van der Waals surface area contributed by atoms with E-state index in [0.29, 0.717) is 12.2 Å². The first-order valence-corrected chi connectivity index (χ1v) is 13.1. The van der Waals surface area contributed by atoms with Gasteiger partial charge in [-0.3, -0.25) is 9.52 Å². The largest absolute Gasteiger partial charge is 0.351 e. The van der Waals surface area contributed by atoms with Crippen LogP contribution in [-0.4, -0.2) is 26.6 Å². The molecule has 0 bridgehead atoms. The van der Waals surface area contributed by atoms with Crippen molar-refractivity contribution in [3.8, 4) is 0 Å². The molecule has 0 fully saturated rings. The van der Waals surface area contributed by atoms with Crippen molar-refractivity contribution in [3.05, 3.63) is 94.0 Å². The van der Waals surface area contributed by atoms with Crippen LogP contribution >= 0.6 is 23.4 Å². The lowest BCUT2D eigenvalue weighted by Gasteiger charge is -2.13. The summed E-state index contributed by atoms with van der Waals surface area (Å²) in [6.45, 7) is 4.23. The van der Waals surface area contributed by atoms with Crippen LogP contribution < -0.4 is 10.0 Å². The molecule has 8 heteroatoms. The van der Waals surface area contributed by atoms with Gasteiger partial charge in [-0.1, -0.05) is 59.6 Å². The Morgan fingerprint density at radius 3 is 2.47 bits per heavy atom. The van der Waals surface area contributed by atoms with Gasteiger partial charge in [-0.05, 0) is 49.2 Å². The van der Waals surface area contributed by atoms with E-state index in [1.54, 1.807) is 17.8 Å². The topological polar surface area (TPSA) is 75.3 Å². The molecule has 0 aromatic heterocycles. The highest BCUT2D eigenvalue weighted by Crippen LogP contribution is 2.26. The number of sulfonamides is 1. The van der Waals surface area contributed by atoms with Gasteiger partial charge in [0.05, 0.1) is 10.7 Å². The first-order valence-electron chi connectivity index (χ1n) is 10.1. The summed E-state index contributed by atoms with van der Waals surface area (Å²) < 4.78 is 28.4. The minimum absolute atomic E-state index is 0.0530. The Morgan fingerprint density at radius 1 is 1.00 bits per heavy atom. The summed E-state index contributed by atoms with van der Waals surface area (Å²) in [5.41, 5.74) is 3.77. The van der Waals surface area contributed by atoms with E-state index in [2.05, 4.69) is 22.2 Å². The predicted octanol–water partition coefficient (Wildman–Crippen LogP) is 5.42. The molecule has 0 aliphatic rings. The van der Waals surface area contributed by atoms with Crippen molar-refractivity contribution >= 4 is 45.0 Å². The summed E-state index contributed by atoms with van der Waals surface area (Å²) in [5, 5.41) is 2.88. The zero-order valence-electron chi connectivity index (χ0n) is 17.9. The third-order valence-corrected chi connectivity index (χ3v) is 7.63. The second kappa shape index (κ2) is 10.9. The molecule has 5 nitrogen and oxygen atoms in total. The van der Waals surface area contributed by atoms with Crippen molar-refractivity contribution in [2.45, 2.75) is 24.5 Å². The highest BCUT2D eigenvalue weighted by atomic mass is 35.5. The Hall–Kier alpha value is -2.48. The molecule has 3 rings (SSSR count). The van der Waals surface area contributed by atoms with Gasteiger partial charge < -0.3 is 5.32 Å². The Bertz CT molecular complexity index is 1200. The molecule has 0 spiro atoms. The molecule has 0 unspecified atom stereocenters. The Balaban J connectivity index is 1.63. The summed E-state index contributed by atoms with van der Waals surface area (Å²) in [6.07, 6.45) is 0. The molecule has 32 heavy (non-hydrogen) atoms. The van der Waals surface area contributed by atoms with Crippen LogP contribution in [0.4, 0.5) is 5.69 Å². The molecule has 0 aliphatic heterocycles. The zero-order valence-corrected chi connectivity index (χ0v) is 20.3. The second-order valence-corrected chi connectivity index (χ2v) is 10.5. The van der Waals surface area contributed by atoms with Crippen molar-refractivity contribution in [3.63, 3.8) is 0 Å². The number of hydrogen-bond acceptors (Lipinski definition) is 4. The Labute approximate surface area is 198 Å². The Kier molecular flexibility index (Phi) is 8.23. The lowest BCUT2D eigenvalue weighted by Crippen LogP contribution is -2.26. The lowest BCUT2D eigenvalue weighted by molar-refractivity contribution is 0.0956. The van der Waals surface area contributed by atoms with Gasteiger partial charge in [-0.25, -0.2) is 8.42 Å². The number of thioether (sulfide) groups is 1. The van der Waals surface area contributed by atoms with Gasteiger partial charge in [0.25, 0.3) is 15.9 Å². The number of rotatable bonds is 9. The van der Waals surface area contributed by atoms with Crippen LogP contribution in [0.3, 0.4) is 0 Å². The average molecular weight is 489 g/mol. The summed E-state index contributed by atoms with van der Waals surface area (Å²) in [4.78, 5) is 12.4. The number of amides is 1. The van der Waals surface area contributed by atoms with Gasteiger partial charge in [0, 0.05) is 23.6 Å². The van der Waals surface area contributed by atoms with E-state index in [0.717, 1.165) is 22.6 Å². The minimum Gasteiger partial charge on any atom is -0.351 e. The molecule has 0 radical (unpaired) electrons. The fourth-order valence-electron chi connectivity index (χ4n) is 3.08. The van der Waals surface area contributed by atoms with E-state index in [1.807, 2.05) is 44.2 Å². The maximum Gasteiger partial charge on any atom is 0.263 e. The maximum atomic E-state index is 12.9. The number of carbonyl (C=O) groups excluding carboxylic acids is 1. The zero-order chi connectivity index (χ0) is 23.1. The summed E-state index contributed by atoms with van der Waals surface area (Å²) in [6, 6.07) is 19.8. The molecule has 2 N–H and O–H groups in total. The lowest BCUT2D eigenvalue weighted by atomic mass is 10.1. The maximum absolute atomic E-state index is 12.9. The number of benzene rings is 3. The SMILES string of the molecule is Cc1ccc(NS(=O)(=O)c2cc(C(=O)NCCSCc3ccccc3)ccc2Cl)c(C)c1. The quantitative estimate of drug-likeness (QED) is 0.394. The highest BCUT2D eigenvalue weighted by Gasteiger charge is 2.21. The average Bonchev–Trinajstić information content (AvgIpc) is 2.76. The molecule has 0 saturated heterocycles. The third-order valence-electron chi connectivity index (χ3n) is 4.75. The van der Waals surface area contributed by atoms with Gasteiger partial charge in [0.15, 0.2) is 0 Å². The van der Waals surface area contributed by atoms with Crippen LogP contribution in [0.1, 0.15) is 27.0 Å². The number of hydrogen-bond donors (Lipinski definition) is 2. The fourth-order valence-corrected chi connectivity index (χ4v) is 5.56. The second-order valence-electron chi connectivity index (χ2n) is 7.36. The van der Waals surface area contributed by atoms with Gasteiger partial charge in [-0.2, -0.15) is 11.8 Å². The Morgan fingerprint density at radius 2 is 1.75 bits per heavy atom. The van der Waals surface area contributed by atoms with Crippen molar-refractivity contribution in [2.24, 2.45) is 0 Å². The van der Waals surface area contributed by atoms with E-state index in [1.165, 1.54) is 23.8 Å². The monoisotopic (exact) mass is 488 g/mol. The van der Waals surface area contributed by atoms with Crippen LogP contribution in [0.25, 0.3) is 0 Å². The number of aryl methyl sites for hydroxylation is 2.